The number of anilines is 1. The summed E-state index contributed by atoms with van der Waals surface area (Å²) >= 11 is 0. The van der Waals surface area contributed by atoms with Crippen molar-refractivity contribution in [2.75, 3.05) is 38.5 Å². The molecule has 1 saturated carbocycles. The van der Waals surface area contributed by atoms with Gasteiger partial charge in [0.2, 0.25) is 0 Å². The molecule has 0 spiro atoms. The molecule has 6 heteroatoms. The number of rotatable bonds is 4. The van der Waals surface area contributed by atoms with Crippen molar-refractivity contribution in [3.05, 3.63) is 23.4 Å². The van der Waals surface area contributed by atoms with E-state index >= 15 is 0 Å². The number of amides is 1. The molecule has 4 rings (SSSR count). The first-order chi connectivity index (χ1) is 13.3. The smallest absolute Gasteiger partial charge is 0.410 e. The molecule has 1 amide bonds. The second kappa shape index (κ2) is 7.54. The summed E-state index contributed by atoms with van der Waals surface area (Å²) in [5.74, 6) is 2.39. The third kappa shape index (κ3) is 4.77. The monoisotopic (exact) mass is 386 g/mol. The lowest BCUT2D eigenvalue weighted by Crippen LogP contribution is -2.50. The molecule has 6 nitrogen and oxygen atoms in total. The van der Waals surface area contributed by atoms with Gasteiger partial charge >= 0.3 is 6.09 Å². The van der Waals surface area contributed by atoms with Crippen molar-refractivity contribution in [1.82, 2.24) is 14.8 Å². The fraction of sp³-hybridized carbons (Fsp3) is 0.727. The molecular weight excluding hydrogens is 352 g/mol. The Morgan fingerprint density at radius 3 is 2.43 bits per heavy atom. The molecule has 0 radical (unpaired) electrons. The van der Waals surface area contributed by atoms with Crippen molar-refractivity contribution in [2.45, 2.75) is 63.9 Å². The lowest BCUT2D eigenvalue weighted by molar-refractivity contribution is 0.00788. The van der Waals surface area contributed by atoms with Crippen LogP contribution in [0.5, 0.6) is 0 Å². The first kappa shape index (κ1) is 19.5. The highest BCUT2D eigenvalue weighted by Crippen LogP contribution is 2.35. The number of ether oxygens (including phenoxy) is 1. The van der Waals surface area contributed by atoms with Crippen LogP contribution in [-0.4, -0.2) is 59.2 Å². The number of carbonyl (C=O) groups excluding carboxylic acids is 1. The van der Waals surface area contributed by atoms with Crippen molar-refractivity contribution in [2.24, 2.45) is 5.92 Å². The van der Waals surface area contributed by atoms with Gasteiger partial charge in [-0.1, -0.05) is 0 Å². The van der Waals surface area contributed by atoms with E-state index in [0.717, 1.165) is 11.6 Å². The van der Waals surface area contributed by atoms with E-state index in [4.69, 9.17) is 10.5 Å². The van der Waals surface area contributed by atoms with Gasteiger partial charge < -0.3 is 20.3 Å². The molecule has 2 saturated heterocycles. The quantitative estimate of drug-likeness (QED) is 0.856. The molecule has 2 N–H and O–H groups in total. The van der Waals surface area contributed by atoms with Crippen molar-refractivity contribution < 1.29 is 9.53 Å². The van der Waals surface area contributed by atoms with Gasteiger partial charge in [0.1, 0.15) is 11.4 Å². The average Bonchev–Trinajstić information content (AvgIpc) is 3.36. The first-order valence-corrected chi connectivity index (χ1v) is 10.7. The zero-order valence-electron chi connectivity index (χ0n) is 17.5. The number of nitrogens with zero attached hydrogens (tertiary/aromatic N) is 3. The molecule has 0 unspecified atom stereocenters. The van der Waals surface area contributed by atoms with Gasteiger partial charge in [-0.05, 0) is 89.1 Å². The van der Waals surface area contributed by atoms with Gasteiger partial charge in [0.25, 0.3) is 0 Å². The van der Waals surface area contributed by atoms with Crippen LogP contribution < -0.4 is 5.73 Å². The standard InChI is InChI=1S/C22H34N4O2/c1-22(2,3)28-21(27)26-13-18(14-26)19-10-17(11-20(23)24-19)16-6-8-25(9-7-16)12-15-4-5-15/h10-11,15-16,18H,4-9,12-14H2,1-3H3,(H2,23,24). The van der Waals surface area contributed by atoms with Crippen molar-refractivity contribution >= 4 is 11.9 Å². The fourth-order valence-electron chi connectivity index (χ4n) is 4.30. The number of likely N-dealkylation sites (tertiary alicyclic amines) is 2. The van der Waals surface area contributed by atoms with Crippen LogP contribution in [0.2, 0.25) is 0 Å². The van der Waals surface area contributed by atoms with Crippen LogP contribution in [0.3, 0.4) is 0 Å². The topological polar surface area (TPSA) is 71.7 Å². The number of aromatic nitrogens is 1. The SMILES string of the molecule is CC(C)(C)OC(=O)N1CC(c2cc(C3CCN(CC4CC4)CC3)cc(N)n2)C1. The van der Waals surface area contributed by atoms with Gasteiger partial charge in [0.15, 0.2) is 0 Å². The van der Waals surface area contributed by atoms with Gasteiger partial charge in [-0.2, -0.15) is 0 Å². The highest BCUT2D eigenvalue weighted by atomic mass is 16.6. The second-order valence-corrected chi connectivity index (χ2v) is 9.85. The predicted octanol–water partition coefficient (Wildman–Crippen LogP) is 3.59. The zero-order valence-corrected chi connectivity index (χ0v) is 17.5. The normalized spacial score (nSPS) is 22.2. The number of nitrogens with two attached hydrogens (primary N) is 1. The maximum absolute atomic E-state index is 12.2. The van der Waals surface area contributed by atoms with Crippen LogP contribution in [0.1, 0.15) is 69.5 Å². The van der Waals surface area contributed by atoms with Gasteiger partial charge in [-0.25, -0.2) is 9.78 Å². The molecule has 3 heterocycles. The van der Waals surface area contributed by atoms with Crippen LogP contribution in [0.25, 0.3) is 0 Å². The highest BCUT2D eigenvalue weighted by Gasteiger charge is 2.36. The summed E-state index contributed by atoms with van der Waals surface area (Å²) in [5.41, 5.74) is 8.02. The summed E-state index contributed by atoms with van der Waals surface area (Å²) in [6.45, 7) is 10.7. The summed E-state index contributed by atoms with van der Waals surface area (Å²) in [5, 5.41) is 0. The van der Waals surface area contributed by atoms with E-state index in [0.29, 0.717) is 24.8 Å². The molecule has 1 aliphatic carbocycles. The lowest BCUT2D eigenvalue weighted by Gasteiger charge is -2.39. The van der Waals surface area contributed by atoms with Crippen molar-refractivity contribution in [3.63, 3.8) is 0 Å². The maximum Gasteiger partial charge on any atom is 0.410 e. The second-order valence-electron chi connectivity index (χ2n) is 9.85. The van der Waals surface area contributed by atoms with Gasteiger partial charge in [0, 0.05) is 31.2 Å². The van der Waals surface area contributed by atoms with Crippen LogP contribution in [-0.2, 0) is 4.74 Å². The molecule has 2 aliphatic heterocycles. The summed E-state index contributed by atoms with van der Waals surface area (Å²) in [7, 11) is 0. The van der Waals surface area contributed by atoms with E-state index in [2.05, 4.69) is 22.0 Å². The predicted molar refractivity (Wildman–Crippen MR) is 110 cm³/mol. The van der Waals surface area contributed by atoms with Gasteiger partial charge in [-0.15, -0.1) is 0 Å². The Balaban J connectivity index is 1.34. The minimum absolute atomic E-state index is 0.240. The lowest BCUT2D eigenvalue weighted by atomic mass is 9.87. The van der Waals surface area contributed by atoms with E-state index < -0.39 is 5.60 Å². The molecule has 0 aromatic carbocycles. The summed E-state index contributed by atoms with van der Waals surface area (Å²) < 4.78 is 5.45. The minimum atomic E-state index is -0.459. The molecule has 154 valence electrons. The average molecular weight is 387 g/mol. The third-order valence-corrected chi connectivity index (χ3v) is 6.11. The van der Waals surface area contributed by atoms with Gasteiger partial charge in [-0.3, -0.25) is 0 Å². The van der Waals surface area contributed by atoms with E-state index in [1.54, 1.807) is 4.90 Å². The Morgan fingerprint density at radius 2 is 1.82 bits per heavy atom. The Labute approximate surface area is 168 Å². The Bertz CT molecular complexity index is 712. The molecular formula is C22H34N4O2. The van der Waals surface area contributed by atoms with E-state index in [9.17, 15) is 4.79 Å². The minimum Gasteiger partial charge on any atom is -0.444 e. The maximum atomic E-state index is 12.2. The first-order valence-electron chi connectivity index (χ1n) is 10.7. The van der Waals surface area contributed by atoms with Crippen LogP contribution in [0.15, 0.2) is 12.1 Å². The Morgan fingerprint density at radius 1 is 1.14 bits per heavy atom. The molecule has 1 aromatic heterocycles. The summed E-state index contributed by atoms with van der Waals surface area (Å²) in [6, 6.07) is 4.28. The summed E-state index contributed by atoms with van der Waals surface area (Å²) in [4.78, 5) is 21.1. The largest absolute Gasteiger partial charge is 0.444 e. The Kier molecular flexibility index (Phi) is 5.25. The molecule has 3 aliphatic rings. The van der Waals surface area contributed by atoms with E-state index in [1.807, 2.05) is 20.8 Å². The number of piperidine rings is 1. The molecule has 28 heavy (non-hydrogen) atoms. The van der Waals surface area contributed by atoms with E-state index in [-0.39, 0.29) is 12.0 Å². The van der Waals surface area contributed by atoms with Gasteiger partial charge in [0.05, 0.1) is 0 Å². The molecule has 0 atom stereocenters. The number of carbonyl (C=O) groups is 1. The fourth-order valence-corrected chi connectivity index (χ4v) is 4.30. The van der Waals surface area contributed by atoms with E-state index in [1.165, 1.54) is 50.9 Å². The highest BCUT2D eigenvalue weighted by molar-refractivity contribution is 5.69. The van der Waals surface area contributed by atoms with Crippen LogP contribution in [0, 0.1) is 5.92 Å². The number of hydrogen-bond donors (Lipinski definition) is 1. The number of nitrogen functional groups attached to an aromatic ring is 1. The molecule has 3 fully saturated rings. The van der Waals surface area contributed by atoms with Crippen molar-refractivity contribution in [1.29, 1.82) is 0 Å². The Hall–Kier alpha value is -1.82. The van der Waals surface area contributed by atoms with Crippen LogP contribution in [0.4, 0.5) is 10.6 Å². The third-order valence-electron chi connectivity index (χ3n) is 6.11. The van der Waals surface area contributed by atoms with Crippen molar-refractivity contribution in [3.8, 4) is 0 Å². The summed E-state index contributed by atoms with van der Waals surface area (Å²) in [6.07, 6.45) is 5.00. The number of pyridine rings is 1. The number of hydrogen-bond acceptors (Lipinski definition) is 5. The zero-order chi connectivity index (χ0) is 19.9. The molecule has 0 bridgehead atoms. The molecule has 1 aromatic rings. The van der Waals surface area contributed by atoms with Crippen LogP contribution >= 0.6 is 0 Å².